The number of halogens is 3. The van der Waals surface area contributed by atoms with Gasteiger partial charge in [-0.05, 0) is 19.1 Å². The average molecular weight is 325 g/mol. The molecule has 1 nitrogen and oxygen atoms in total. The van der Waals surface area contributed by atoms with Gasteiger partial charge in [-0.25, -0.2) is 4.39 Å². The fourth-order valence-electron chi connectivity index (χ4n) is 1.00. The summed E-state index contributed by atoms with van der Waals surface area (Å²) in [6.07, 6.45) is 0. The monoisotopic (exact) mass is 323 g/mol. The molecule has 0 aliphatic heterocycles. The van der Waals surface area contributed by atoms with Crippen LogP contribution in [0.15, 0.2) is 22.7 Å². The normalized spacial score (nSPS) is 12.9. The van der Waals surface area contributed by atoms with Crippen LogP contribution in [0.4, 0.5) is 4.39 Å². The van der Waals surface area contributed by atoms with E-state index in [1.807, 2.05) is 13.0 Å². The number of hydrogen-bond acceptors (Lipinski definition) is 1. The maximum Gasteiger partial charge on any atom is 0.128 e. The van der Waals surface area contributed by atoms with E-state index in [4.69, 9.17) is 0 Å². The summed E-state index contributed by atoms with van der Waals surface area (Å²) >= 11 is 6.58. The highest BCUT2D eigenvalue weighted by molar-refractivity contribution is 9.10. The van der Waals surface area contributed by atoms with E-state index in [0.717, 1.165) is 9.80 Å². The molecule has 0 fully saturated rings. The highest BCUT2D eigenvalue weighted by atomic mass is 79.9. The maximum atomic E-state index is 13.3. The van der Waals surface area contributed by atoms with E-state index in [1.54, 1.807) is 6.07 Å². The van der Waals surface area contributed by atoms with E-state index in [2.05, 4.69) is 37.2 Å². The molecule has 0 radical (unpaired) electrons. The zero-order valence-corrected chi connectivity index (χ0v) is 11.0. The molecule has 0 heterocycles. The first-order valence-electron chi connectivity index (χ1n) is 4.36. The quantitative estimate of drug-likeness (QED) is 0.836. The van der Waals surface area contributed by atoms with Gasteiger partial charge in [0.05, 0.1) is 0 Å². The summed E-state index contributed by atoms with van der Waals surface area (Å²) < 4.78 is 14.1. The molecule has 1 unspecified atom stereocenters. The first kappa shape index (κ1) is 12.1. The third kappa shape index (κ3) is 3.67. The van der Waals surface area contributed by atoms with Crippen LogP contribution in [-0.4, -0.2) is 11.4 Å². The maximum absolute atomic E-state index is 13.3. The van der Waals surface area contributed by atoms with Gasteiger partial charge >= 0.3 is 0 Å². The van der Waals surface area contributed by atoms with Crippen LogP contribution in [0.5, 0.6) is 0 Å². The molecule has 0 saturated heterocycles. The lowest BCUT2D eigenvalue weighted by molar-refractivity contribution is 0.558. The molecule has 0 amide bonds. The van der Waals surface area contributed by atoms with Gasteiger partial charge in [0, 0.05) is 28.0 Å². The first-order valence-corrected chi connectivity index (χ1v) is 6.28. The smallest absolute Gasteiger partial charge is 0.128 e. The van der Waals surface area contributed by atoms with Crippen molar-refractivity contribution in [1.82, 2.24) is 5.32 Å². The van der Waals surface area contributed by atoms with Gasteiger partial charge in [0.1, 0.15) is 5.82 Å². The Bertz CT molecular complexity index is 304. The molecular formula is C10H12Br2FN. The van der Waals surface area contributed by atoms with Gasteiger partial charge in [0.2, 0.25) is 0 Å². The Balaban J connectivity index is 2.59. The molecule has 1 N–H and O–H groups in total. The highest BCUT2D eigenvalue weighted by Crippen LogP contribution is 2.15. The third-order valence-electron chi connectivity index (χ3n) is 1.89. The summed E-state index contributed by atoms with van der Waals surface area (Å²) in [7, 11) is 0. The van der Waals surface area contributed by atoms with Gasteiger partial charge in [0.15, 0.2) is 0 Å². The minimum absolute atomic E-state index is 0.173. The zero-order chi connectivity index (χ0) is 10.6. The van der Waals surface area contributed by atoms with Gasteiger partial charge in [-0.3, -0.25) is 0 Å². The number of hydrogen-bond donors (Lipinski definition) is 1. The SMILES string of the molecule is CC(CBr)NCc1ccc(Br)cc1F. The number of alkyl halides is 1. The summed E-state index contributed by atoms with van der Waals surface area (Å²) in [5, 5.41) is 4.07. The number of nitrogens with one attached hydrogen (secondary N) is 1. The van der Waals surface area contributed by atoms with Crippen molar-refractivity contribution < 1.29 is 4.39 Å². The molecule has 4 heteroatoms. The van der Waals surface area contributed by atoms with E-state index < -0.39 is 0 Å². The van der Waals surface area contributed by atoms with Crippen LogP contribution in [-0.2, 0) is 6.54 Å². The predicted octanol–water partition coefficient (Wildman–Crippen LogP) is 3.46. The Labute approximate surface area is 100 Å². The fraction of sp³-hybridized carbons (Fsp3) is 0.400. The summed E-state index contributed by atoms with van der Waals surface area (Å²) in [6.45, 7) is 2.61. The van der Waals surface area contributed by atoms with Crippen LogP contribution in [0.25, 0.3) is 0 Å². The molecule has 0 spiro atoms. The Morgan fingerprint density at radius 1 is 1.50 bits per heavy atom. The van der Waals surface area contributed by atoms with E-state index in [0.29, 0.717) is 18.2 Å². The van der Waals surface area contributed by atoms with Crippen molar-refractivity contribution in [3.05, 3.63) is 34.1 Å². The molecular weight excluding hydrogens is 313 g/mol. The van der Waals surface area contributed by atoms with Crippen LogP contribution < -0.4 is 5.32 Å². The van der Waals surface area contributed by atoms with Crippen molar-refractivity contribution in [3.63, 3.8) is 0 Å². The fourth-order valence-corrected chi connectivity index (χ4v) is 1.57. The van der Waals surface area contributed by atoms with Crippen molar-refractivity contribution in [3.8, 4) is 0 Å². The van der Waals surface area contributed by atoms with Crippen LogP contribution >= 0.6 is 31.9 Å². The van der Waals surface area contributed by atoms with Crippen LogP contribution in [0.3, 0.4) is 0 Å². The molecule has 0 saturated carbocycles. The highest BCUT2D eigenvalue weighted by Gasteiger charge is 2.04. The molecule has 78 valence electrons. The standard InChI is InChI=1S/C10H12Br2FN/c1-7(5-11)14-6-8-2-3-9(12)4-10(8)13/h2-4,7,14H,5-6H2,1H3. The van der Waals surface area contributed by atoms with Crippen LogP contribution in [0, 0.1) is 5.82 Å². The van der Waals surface area contributed by atoms with Gasteiger partial charge < -0.3 is 5.32 Å². The Morgan fingerprint density at radius 2 is 2.21 bits per heavy atom. The van der Waals surface area contributed by atoms with Crippen LogP contribution in [0.1, 0.15) is 12.5 Å². The lowest BCUT2D eigenvalue weighted by Gasteiger charge is -2.10. The molecule has 1 aromatic carbocycles. The largest absolute Gasteiger partial charge is 0.309 e. The number of rotatable bonds is 4. The van der Waals surface area contributed by atoms with E-state index in [1.165, 1.54) is 6.07 Å². The van der Waals surface area contributed by atoms with Gasteiger partial charge in [-0.1, -0.05) is 37.9 Å². The van der Waals surface area contributed by atoms with Crippen molar-refractivity contribution in [1.29, 1.82) is 0 Å². The van der Waals surface area contributed by atoms with E-state index >= 15 is 0 Å². The van der Waals surface area contributed by atoms with Crippen molar-refractivity contribution >= 4 is 31.9 Å². The molecule has 1 atom stereocenters. The molecule has 0 aliphatic carbocycles. The molecule has 0 aromatic heterocycles. The summed E-state index contributed by atoms with van der Waals surface area (Å²) in [4.78, 5) is 0. The number of benzene rings is 1. The van der Waals surface area contributed by atoms with Gasteiger partial charge in [0.25, 0.3) is 0 Å². The second-order valence-corrected chi connectivity index (χ2v) is 4.74. The minimum Gasteiger partial charge on any atom is -0.309 e. The lowest BCUT2D eigenvalue weighted by Crippen LogP contribution is -2.26. The molecule has 1 aromatic rings. The topological polar surface area (TPSA) is 12.0 Å². The summed E-state index contributed by atoms with van der Waals surface area (Å²) in [5.74, 6) is -0.173. The van der Waals surface area contributed by atoms with Gasteiger partial charge in [-0.15, -0.1) is 0 Å². The summed E-state index contributed by atoms with van der Waals surface area (Å²) in [6, 6.07) is 5.46. The van der Waals surface area contributed by atoms with Crippen molar-refractivity contribution in [2.45, 2.75) is 19.5 Å². The van der Waals surface area contributed by atoms with Crippen LogP contribution in [0.2, 0.25) is 0 Å². The van der Waals surface area contributed by atoms with Gasteiger partial charge in [-0.2, -0.15) is 0 Å². The molecule has 1 rings (SSSR count). The summed E-state index contributed by atoms with van der Waals surface area (Å²) in [5.41, 5.74) is 0.695. The first-order chi connectivity index (χ1) is 6.63. The predicted molar refractivity (Wildman–Crippen MR) is 64.2 cm³/mol. The Hall–Kier alpha value is 0.0700. The second-order valence-electron chi connectivity index (χ2n) is 3.17. The third-order valence-corrected chi connectivity index (χ3v) is 3.35. The Kier molecular flexibility index (Phi) is 5.06. The molecule has 0 aliphatic rings. The van der Waals surface area contributed by atoms with Crippen molar-refractivity contribution in [2.75, 3.05) is 5.33 Å². The van der Waals surface area contributed by atoms with E-state index in [-0.39, 0.29) is 5.82 Å². The minimum atomic E-state index is -0.173. The Morgan fingerprint density at radius 3 is 2.79 bits per heavy atom. The molecule has 0 bridgehead atoms. The second kappa shape index (κ2) is 5.83. The lowest BCUT2D eigenvalue weighted by atomic mass is 10.2. The van der Waals surface area contributed by atoms with E-state index in [9.17, 15) is 4.39 Å². The zero-order valence-electron chi connectivity index (χ0n) is 7.86. The van der Waals surface area contributed by atoms with Crippen molar-refractivity contribution in [2.24, 2.45) is 0 Å². The average Bonchev–Trinajstić information content (AvgIpc) is 2.16. The molecule has 14 heavy (non-hydrogen) atoms.